The van der Waals surface area contributed by atoms with Gasteiger partial charge in [0.15, 0.2) is 5.65 Å². The van der Waals surface area contributed by atoms with Gasteiger partial charge in [-0.3, -0.25) is 0 Å². The fourth-order valence-corrected chi connectivity index (χ4v) is 4.86. The molecule has 2 N–H and O–H groups in total. The number of ether oxygens (including phenoxy) is 2. The Labute approximate surface area is 247 Å². The van der Waals surface area contributed by atoms with Crippen LogP contribution in [0.5, 0.6) is 11.5 Å². The van der Waals surface area contributed by atoms with E-state index in [4.69, 9.17) is 20.2 Å². The standard InChI is InChI=1S/C32H27N9O2/c1-42-25-10-6-21(7-11-25)18-40(19-22-8-12-26(43-2)13-9-22)32-37-29(24-5-3-4-23(16-24)17-33)28(27-14-15-35-20-36-27)30-38-31(34)39-41(30)32/h3-16,20H,18-19H2,1-2H3,(H2,34,39). The molecule has 11 nitrogen and oxygen atoms in total. The Morgan fingerprint density at radius 3 is 2.14 bits per heavy atom. The number of nitrogen functional groups attached to an aromatic ring is 1. The second kappa shape index (κ2) is 11.8. The summed E-state index contributed by atoms with van der Waals surface area (Å²) in [5.41, 5.74) is 11.8. The lowest BCUT2D eigenvalue weighted by atomic mass is 10.0. The van der Waals surface area contributed by atoms with Crippen LogP contribution in [0.2, 0.25) is 0 Å². The molecule has 6 aromatic rings. The maximum absolute atomic E-state index is 9.66. The molecular formula is C32H27N9O2. The molecule has 0 fully saturated rings. The van der Waals surface area contributed by atoms with Gasteiger partial charge >= 0.3 is 0 Å². The van der Waals surface area contributed by atoms with Crippen molar-refractivity contribution in [3.8, 4) is 40.1 Å². The zero-order valence-corrected chi connectivity index (χ0v) is 23.5. The molecule has 0 saturated heterocycles. The van der Waals surface area contributed by atoms with Crippen LogP contribution in [0.25, 0.3) is 28.2 Å². The van der Waals surface area contributed by atoms with Crippen LogP contribution in [0.3, 0.4) is 0 Å². The number of fused-ring (bicyclic) bond motifs is 1. The van der Waals surface area contributed by atoms with Gasteiger partial charge in [-0.15, -0.1) is 5.10 Å². The minimum atomic E-state index is 0.0927. The van der Waals surface area contributed by atoms with Gasteiger partial charge in [0.1, 0.15) is 17.8 Å². The van der Waals surface area contributed by atoms with E-state index in [9.17, 15) is 5.26 Å². The molecule has 0 aliphatic rings. The monoisotopic (exact) mass is 569 g/mol. The average molecular weight is 570 g/mol. The maximum Gasteiger partial charge on any atom is 0.240 e. The molecule has 0 radical (unpaired) electrons. The largest absolute Gasteiger partial charge is 0.497 e. The van der Waals surface area contributed by atoms with E-state index >= 15 is 0 Å². The normalized spacial score (nSPS) is 10.8. The quantitative estimate of drug-likeness (QED) is 0.255. The Balaban J connectivity index is 1.58. The van der Waals surface area contributed by atoms with Gasteiger partial charge in [-0.05, 0) is 53.6 Å². The number of nitriles is 1. The zero-order valence-electron chi connectivity index (χ0n) is 23.5. The highest BCUT2D eigenvalue weighted by Crippen LogP contribution is 2.36. The number of nitrogens with zero attached hydrogens (tertiary/aromatic N) is 8. The third kappa shape index (κ3) is 5.62. The molecule has 3 aromatic heterocycles. The average Bonchev–Trinajstić information content (AvgIpc) is 3.45. The first-order chi connectivity index (χ1) is 21.1. The van der Waals surface area contributed by atoms with Gasteiger partial charge < -0.3 is 20.1 Å². The summed E-state index contributed by atoms with van der Waals surface area (Å²) in [7, 11) is 3.28. The molecule has 0 unspecified atom stereocenters. The number of benzene rings is 3. The summed E-state index contributed by atoms with van der Waals surface area (Å²) in [6.07, 6.45) is 3.12. The van der Waals surface area contributed by atoms with Gasteiger partial charge in [0.2, 0.25) is 11.9 Å². The Morgan fingerprint density at radius 2 is 1.56 bits per heavy atom. The van der Waals surface area contributed by atoms with Crippen molar-refractivity contribution >= 4 is 17.5 Å². The third-order valence-electron chi connectivity index (χ3n) is 6.94. The lowest BCUT2D eigenvalue weighted by molar-refractivity contribution is 0.414. The molecule has 212 valence electrons. The van der Waals surface area contributed by atoms with E-state index in [-0.39, 0.29) is 5.95 Å². The number of hydrogen-bond donors (Lipinski definition) is 1. The van der Waals surface area contributed by atoms with Crippen LogP contribution in [0.1, 0.15) is 16.7 Å². The van der Waals surface area contributed by atoms with Gasteiger partial charge in [0, 0.05) is 24.8 Å². The van der Waals surface area contributed by atoms with Crippen molar-refractivity contribution in [3.05, 3.63) is 108 Å². The Hall–Kier alpha value is -6.02. The van der Waals surface area contributed by atoms with Crippen molar-refractivity contribution in [1.29, 1.82) is 5.26 Å². The van der Waals surface area contributed by atoms with Crippen LogP contribution >= 0.6 is 0 Å². The number of hydrogen-bond acceptors (Lipinski definition) is 10. The molecule has 6 rings (SSSR count). The fraction of sp³-hybridized carbons (Fsp3) is 0.125. The molecule has 0 amide bonds. The summed E-state index contributed by atoms with van der Waals surface area (Å²) >= 11 is 0. The number of nitrogens with two attached hydrogens (primary N) is 1. The molecule has 0 bridgehead atoms. The van der Waals surface area contributed by atoms with Crippen LogP contribution in [-0.4, -0.2) is 43.8 Å². The van der Waals surface area contributed by atoms with E-state index in [1.807, 2.05) is 60.7 Å². The lowest BCUT2D eigenvalue weighted by Crippen LogP contribution is -2.26. The van der Waals surface area contributed by atoms with E-state index in [1.54, 1.807) is 43.1 Å². The fourth-order valence-electron chi connectivity index (χ4n) is 4.86. The number of aromatic nitrogens is 6. The Bertz CT molecular complexity index is 1870. The minimum Gasteiger partial charge on any atom is -0.497 e. The molecule has 0 aliphatic heterocycles. The summed E-state index contributed by atoms with van der Waals surface area (Å²) in [6.45, 7) is 0.977. The van der Waals surface area contributed by atoms with Crippen molar-refractivity contribution in [3.63, 3.8) is 0 Å². The lowest BCUT2D eigenvalue weighted by Gasteiger charge is -2.26. The van der Waals surface area contributed by atoms with Crippen LogP contribution in [-0.2, 0) is 13.1 Å². The second-order valence-electron chi connectivity index (χ2n) is 9.68. The zero-order chi connectivity index (χ0) is 29.8. The van der Waals surface area contributed by atoms with E-state index in [2.05, 4.69) is 31.0 Å². The summed E-state index contributed by atoms with van der Waals surface area (Å²) in [5, 5.41) is 14.2. The Morgan fingerprint density at radius 1 is 0.884 bits per heavy atom. The van der Waals surface area contributed by atoms with E-state index in [0.717, 1.165) is 28.2 Å². The maximum atomic E-state index is 9.66. The molecule has 11 heteroatoms. The highest BCUT2D eigenvalue weighted by molar-refractivity contribution is 5.90. The van der Waals surface area contributed by atoms with E-state index in [1.165, 1.54) is 6.33 Å². The predicted molar refractivity (Wildman–Crippen MR) is 162 cm³/mol. The van der Waals surface area contributed by atoms with Crippen molar-refractivity contribution in [2.75, 3.05) is 24.9 Å². The highest BCUT2D eigenvalue weighted by Gasteiger charge is 2.25. The molecule has 0 saturated carbocycles. The van der Waals surface area contributed by atoms with Crippen molar-refractivity contribution < 1.29 is 9.47 Å². The third-order valence-corrected chi connectivity index (χ3v) is 6.94. The summed E-state index contributed by atoms with van der Waals surface area (Å²) in [4.78, 5) is 20.5. The van der Waals surface area contributed by atoms with E-state index < -0.39 is 0 Å². The predicted octanol–water partition coefficient (Wildman–Crippen LogP) is 4.93. The number of methoxy groups -OCH3 is 2. The molecule has 0 spiro atoms. The van der Waals surface area contributed by atoms with Crippen LogP contribution < -0.4 is 20.1 Å². The second-order valence-corrected chi connectivity index (χ2v) is 9.68. The van der Waals surface area contributed by atoms with Crippen LogP contribution in [0.15, 0.2) is 91.4 Å². The Kier molecular flexibility index (Phi) is 7.48. The van der Waals surface area contributed by atoms with Gasteiger partial charge in [-0.25, -0.2) is 15.0 Å². The summed E-state index contributed by atoms with van der Waals surface area (Å²) in [5.74, 6) is 2.14. The molecular weight excluding hydrogens is 542 g/mol. The smallest absolute Gasteiger partial charge is 0.240 e. The van der Waals surface area contributed by atoms with Crippen molar-refractivity contribution in [2.45, 2.75) is 13.1 Å². The molecule has 3 heterocycles. The molecule has 43 heavy (non-hydrogen) atoms. The first kappa shape index (κ1) is 27.2. The summed E-state index contributed by atoms with van der Waals surface area (Å²) in [6, 6.07) is 27.0. The van der Waals surface area contributed by atoms with Gasteiger partial charge in [0.05, 0.1) is 42.8 Å². The van der Waals surface area contributed by atoms with Crippen LogP contribution in [0.4, 0.5) is 11.9 Å². The first-order valence-electron chi connectivity index (χ1n) is 13.4. The van der Waals surface area contributed by atoms with Crippen molar-refractivity contribution in [2.24, 2.45) is 0 Å². The number of anilines is 2. The van der Waals surface area contributed by atoms with Crippen LogP contribution in [0, 0.1) is 11.3 Å². The highest BCUT2D eigenvalue weighted by atomic mass is 16.5. The topological polar surface area (TPSA) is 140 Å². The first-order valence-corrected chi connectivity index (χ1v) is 13.4. The summed E-state index contributed by atoms with van der Waals surface area (Å²) < 4.78 is 12.4. The van der Waals surface area contributed by atoms with E-state index in [0.29, 0.717) is 47.2 Å². The van der Waals surface area contributed by atoms with Gasteiger partial charge in [-0.2, -0.15) is 14.8 Å². The molecule has 0 aliphatic carbocycles. The molecule has 0 atom stereocenters. The number of rotatable bonds is 9. The SMILES string of the molecule is COc1ccc(CN(Cc2ccc(OC)cc2)c2nc(-c3cccc(C#N)c3)c(-c3ccncn3)c3nc(N)nn23)cc1. The van der Waals surface area contributed by atoms with Gasteiger partial charge in [-0.1, -0.05) is 36.4 Å². The van der Waals surface area contributed by atoms with Gasteiger partial charge in [0.25, 0.3) is 0 Å². The minimum absolute atomic E-state index is 0.0927. The molecule has 3 aromatic carbocycles. The van der Waals surface area contributed by atoms with Crippen molar-refractivity contribution in [1.82, 2.24) is 29.5 Å².